The highest BCUT2D eigenvalue weighted by Crippen LogP contribution is 2.36. The number of hydrogen-bond donors (Lipinski definition) is 1. The summed E-state index contributed by atoms with van der Waals surface area (Å²) in [6.07, 6.45) is 2.06. The summed E-state index contributed by atoms with van der Waals surface area (Å²) < 4.78 is 40.5. The first-order chi connectivity index (χ1) is 13.6. The Morgan fingerprint density at radius 2 is 1.76 bits per heavy atom. The zero-order valence-electron chi connectivity index (χ0n) is 17.7. The van der Waals surface area contributed by atoms with Crippen LogP contribution in [0.5, 0.6) is 0 Å². The van der Waals surface area contributed by atoms with Crippen LogP contribution in [-0.4, -0.2) is 54.9 Å². The van der Waals surface area contributed by atoms with Crippen LogP contribution >= 0.6 is 0 Å². The lowest BCUT2D eigenvalue weighted by Gasteiger charge is -2.45. The van der Waals surface area contributed by atoms with Gasteiger partial charge in [-0.3, -0.25) is 10.1 Å². The minimum Gasteiger partial charge on any atom is -0.323 e. The summed E-state index contributed by atoms with van der Waals surface area (Å²) in [6, 6.07) is 4.69. The number of nitrogens with zero attached hydrogens (tertiary/aromatic N) is 2. The van der Waals surface area contributed by atoms with Crippen LogP contribution in [0.2, 0.25) is 0 Å². The topological polar surface area (TPSA) is 69.7 Å². The van der Waals surface area contributed by atoms with E-state index in [0.29, 0.717) is 38.4 Å². The molecule has 1 amide bonds. The Morgan fingerprint density at radius 3 is 2.28 bits per heavy atom. The van der Waals surface area contributed by atoms with Crippen molar-refractivity contribution in [3.8, 4) is 0 Å². The van der Waals surface area contributed by atoms with Gasteiger partial charge in [-0.15, -0.1) is 0 Å². The zero-order valence-corrected chi connectivity index (χ0v) is 18.5. The molecule has 2 aliphatic heterocycles. The maximum absolute atomic E-state index is 13.2. The average molecular weight is 426 g/mol. The van der Waals surface area contributed by atoms with Crippen LogP contribution < -0.4 is 5.32 Å². The molecule has 1 aromatic rings. The second kappa shape index (κ2) is 8.32. The van der Waals surface area contributed by atoms with Gasteiger partial charge in [0.05, 0.1) is 16.6 Å². The lowest BCUT2D eigenvalue weighted by Crippen LogP contribution is -2.60. The van der Waals surface area contributed by atoms with Crippen LogP contribution in [0, 0.1) is 17.7 Å². The molecule has 8 heteroatoms. The molecule has 3 rings (SSSR count). The van der Waals surface area contributed by atoms with E-state index in [1.807, 2.05) is 18.7 Å². The van der Waals surface area contributed by atoms with Crippen molar-refractivity contribution in [1.29, 1.82) is 0 Å². The molecule has 1 N–H and O–H groups in total. The highest BCUT2D eigenvalue weighted by molar-refractivity contribution is 7.89. The molecule has 2 saturated heterocycles. The van der Waals surface area contributed by atoms with Crippen LogP contribution in [-0.2, 0) is 14.8 Å². The van der Waals surface area contributed by atoms with E-state index >= 15 is 0 Å². The fourth-order valence-electron chi connectivity index (χ4n) is 4.23. The number of nitrogens with one attached hydrogen (secondary N) is 1. The third kappa shape index (κ3) is 4.20. The first-order valence-corrected chi connectivity index (χ1v) is 11.9. The Labute approximate surface area is 173 Å². The van der Waals surface area contributed by atoms with Gasteiger partial charge in [-0.05, 0) is 48.9 Å². The van der Waals surface area contributed by atoms with Crippen LogP contribution in [0.3, 0.4) is 0 Å². The maximum Gasteiger partial charge on any atom is 0.243 e. The lowest BCUT2D eigenvalue weighted by molar-refractivity contribution is -0.134. The van der Waals surface area contributed by atoms with Gasteiger partial charge in [-0.2, -0.15) is 4.31 Å². The monoisotopic (exact) mass is 425 g/mol. The summed E-state index contributed by atoms with van der Waals surface area (Å²) in [5, 5.41) is 3.56. The summed E-state index contributed by atoms with van der Waals surface area (Å²) in [7, 11) is -3.68. The highest BCUT2D eigenvalue weighted by atomic mass is 32.2. The SMILES string of the molecule is CC[C@H](C)CN1C(=O)[C@H](C(C)C)NC12CCN(S(=O)(=O)c1ccc(F)cc1)CC2. The molecule has 0 aromatic heterocycles. The van der Waals surface area contributed by atoms with Crippen LogP contribution in [0.15, 0.2) is 29.2 Å². The van der Waals surface area contributed by atoms with E-state index < -0.39 is 21.5 Å². The summed E-state index contributed by atoms with van der Waals surface area (Å²) in [5.41, 5.74) is -0.496. The van der Waals surface area contributed by atoms with Gasteiger partial charge in [0.1, 0.15) is 5.82 Å². The molecule has 162 valence electrons. The Bertz CT molecular complexity index is 833. The average Bonchev–Trinajstić information content (AvgIpc) is 2.95. The lowest BCUT2D eigenvalue weighted by atomic mass is 9.95. The first kappa shape index (κ1) is 22.2. The molecule has 2 atom stereocenters. The first-order valence-electron chi connectivity index (χ1n) is 10.5. The minimum absolute atomic E-state index is 0.0989. The van der Waals surface area contributed by atoms with Crippen molar-refractivity contribution in [2.24, 2.45) is 11.8 Å². The Balaban J connectivity index is 1.80. The molecule has 2 heterocycles. The zero-order chi connectivity index (χ0) is 21.4. The summed E-state index contributed by atoms with van der Waals surface area (Å²) in [4.78, 5) is 15.2. The number of sulfonamides is 1. The van der Waals surface area contributed by atoms with E-state index in [1.54, 1.807) is 0 Å². The molecule has 2 fully saturated rings. The van der Waals surface area contributed by atoms with Crippen molar-refractivity contribution in [3.05, 3.63) is 30.1 Å². The molecule has 0 unspecified atom stereocenters. The van der Waals surface area contributed by atoms with Gasteiger partial charge >= 0.3 is 0 Å². The van der Waals surface area contributed by atoms with Crippen molar-refractivity contribution in [2.75, 3.05) is 19.6 Å². The molecule has 0 saturated carbocycles. The number of amides is 1. The maximum atomic E-state index is 13.2. The van der Waals surface area contributed by atoms with E-state index in [4.69, 9.17) is 0 Å². The Morgan fingerprint density at radius 1 is 1.17 bits per heavy atom. The van der Waals surface area contributed by atoms with Gasteiger partial charge in [-0.25, -0.2) is 12.8 Å². The molecule has 1 spiro atoms. The van der Waals surface area contributed by atoms with Crippen LogP contribution in [0.4, 0.5) is 4.39 Å². The molecular formula is C21H32FN3O3S. The fraction of sp³-hybridized carbons (Fsp3) is 0.667. The molecule has 29 heavy (non-hydrogen) atoms. The second-order valence-corrected chi connectivity index (χ2v) is 10.7. The molecule has 6 nitrogen and oxygen atoms in total. The van der Waals surface area contributed by atoms with Crippen molar-refractivity contribution in [2.45, 2.75) is 63.6 Å². The molecule has 1 aromatic carbocycles. The Kier molecular flexibility index (Phi) is 6.36. The molecular weight excluding hydrogens is 393 g/mol. The predicted octanol–water partition coefficient (Wildman–Crippen LogP) is 2.81. The fourth-order valence-corrected chi connectivity index (χ4v) is 5.67. The van der Waals surface area contributed by atoms with Gasteiger partial charge in [0.15, 0.2) is 0 Å². The summed E-state index contributed by atoms with van der Waals surface area (Å²) in [5.74, 6) is 0.206. The van der Waals surface area contributed by atoms with Crippen molar-refractivity contribution in [3.63, 3.8) is 0 Å². The van der Waals surface area contributed by atoms with E-state index in [1.165, 1.54) is 16.4 Å². The smallest absolute Gasteiger partial charge is 0.243 e. The van der Waals surface area contributed by atoms with Gasteiger partial charge in [0.2, 0.25) is 15.9 Å². The van der Waals surface area contributed by atoms with E-state index in [-0.39, 0.29) is 22.8 Å². The van der Waals surface area contributed by atoms with E-state index in [2.05, 4.69) is 19.2 Å². The quantitative estimate of drug-likeness (QED) is 0.761. The van der Waals surface area contributed by atoms with Crippen molar-refractivity contribution >= 4 is 15.9 Å². The largest absolute Gasteiger partial charge is 0.323 e. The second-order valence-electron chi connectivity index (χ2n) is 8.72. The molecule has 0 radical (unpaired) electrons. The number of benzene rings is 1. The van der Waals surface area contributed by atoms with Gasteiger partial charge in [0, 0.05) is 19.6 Å². The Hall–Kier alpha value is -1.51. The number of piperidine rings is 1. The third-order valence-corrected chi connectivity index (χ3v) is 8.24. The van der Waals surface area contributed by atoms with Crippen molar-refractivity contribution in [1.82, 2.24) is 14.5 Å². The number of carbonyl (C=O) groups is 1. The van der Waals surface area contributed by atoms with E-state index in [9.17, 15) is 17.6 Å². The third-order valence-electron chi connectivity index (χ3n) is 6.33. The molecule has 2 aliphatic rings. The summed E-state index contributed by atoms with van der Waals surface area (Å²) in [6.45, 7) is 9.63. The molecule has 0 aliphatic carbocycles. The number of carbonyl (C=O) groups excluding carboxylic acids is 1. The minimum atomic E-state index is -3.68. The van der Waals surface area contributed by atoms with Gasteiger partial charge < -0.3 is 4.90 Å². The number of halogens is 1. The van der Waals surface area contributed by atoms with Gasteiger partial charge in [-0.1, -0.05) is 34.1 Å². The highest BCUT2D eigenvalue weighted by Gasteiger charge is 2.53. The van der Waals surface area contributed by atoms with Crippen molar-refractivity contribution < 1.29 is 17.6 Å². The van der Waals surface area contributed by atoms with Crippen LogP contribution in [0.25, 0.3) is 0 Å². The standard InChI is InChI=1S/C21H32FN3O3S/c1-5-16(4)14-25-20(26)19(15(2)3)23-21(25)10-12-24(13-11-21)29(27,28)18-8-6-17(22)7-9-18/h6-9,15-16,19,23H,5,10-14H2,1-4H3/t16-,19-/m0/s1. The predicted molar refractivity (Wildman–Crippen MR) is 110 cm³/mol. The number of rotatable bonds is 6. The molecule has 0 bridgehead atoms. The van der Waals surface area contributed by atoms with E-state index in [0.717, 1.165) is 18.6 Å². The summed E-state index contributed by atoms with van der Waals surface area (Å²) >= 11 is 0. The van der Waals surface area contributed by atoms with Gasteiger partial charge in [0.25, 0.3) is 0 Å². The normalized spacial score (nSPS) is 23.9. The number of hydrogen-bond acceptors (Lipinski definition) is 4. The van der Waals surface area contributed by atoms with Crippen LogP contribution in [0.1, 0.15) is 47.0 Å².